The summed E-state index contributed by atoms with van der Waals surface area (Å²) in [5.41, 5.74) is 0.0916. The standard InChI is InChI=1S/C20H18F3NO4S/c1-3-28-16-5-4-12(21)19(23)11(16)8-24-14-6-10(13(22)7-17(14)27-2)18-15(25)9-29-20(18)26/h4-7,18,24H,3,8-9H2,1-2H3. The van der Waals surface area contributed by atoms with Crippen molar-refractivity contribution in [2.45, 2.75) is 19.4 Å². The van der Waals surface area contributed by atoms with Gasteiger partial charge in [0.05, 0.1) is 30.7 Å². The molecular formula is C20H18F3NO4S. The molecule has 1 unspecified atom stereocenters. The molecular weight excluding hydrogens is 407 g/mol. The molecule has 5 nitrogen and oxygen atoms in total. The quantitative estimate of drug-likeness (QED) is 0.676. The van der Waals surface area contributed by atoms with Gasteiger partial charge >= 0.3 is 0 Å². The van der Waals surface area contributed by atoms with Crippen molar-refractivity contribution in [2.75, 3.05) is 24.8 Å². The van der Waals surface area contributed by atoms with Crippen LogP contribution >= 0.6 is 11.8 Å². The van der Waals surface area contributed by atoms with E-state index in [2.05, 4.69) is 5.32 Å². The first-order valence-electron chi connectivity index (χ1n) is 8.77. The van der Waals surface area contributed by atoms with Crippen molar-refractivity contribution in [3.63, 3.8) is 0 Å². The highest BCUT2D eigenvalue weighted by Crippen LogP contribution is 2.38. The fraction of sp³-hybridized carbons (Fsp3) is 0.300. The minimum atomic E-state index is -1.20. The first kappa shape index (κ1) is 21.0. The van der Waals surface area contributed by atoms with Crippen LogP contribution in [0.15, 0.2) is 24.3 Å². The smallest absolute Gasteiger partial charge is 0.204 e. The molecule has 1 heterocycles. The zero-order valence-corrected chi connectivity index (χ0v) is 16.5. The number of nitrogens with one attached hydrogen (secondary N) is 1. The second kappa shape index (κ2) is 8.77. The lowest BCUT2D eigenvalue weighted by Crippen LogP contribution is -2.15. The molecule has 154 valence electrons. The van der Waals surface area contributed by atoms with Crippen LogP contribution in [0.3, 0.4) is 0 Å². The van der Waals surface area contributed by atoms with Gasteiger partial charge in [0.25, 0.3) is 0 Å². The van der Waals surface area contributed by atoms with Gasteiger partial charge in [0.15, 0.2) is 17.4 Å². The van der Waals surface area contributed by atoms with Crippen LogP contribution < -0.4 is 14.8 Å². The van der Waals surface area contributed by atoms with Gasteiger partial charge in [-0.05, 0) is 25.1 Å². The van der Waals surface area contributed by atoms with Gasteiger partial charge in [0.1, 0.15) is 23.2 Å². The first-order chi connectivity index (χ1) is 13.9. The lowest BCUT2D eigenvalue weighted by atomic mass is 9.95. The van der Waals surface area contributed by atoms with Crippen LogP contribution in [0, 0.1) is 17.5 Å². The van der Waals surface area contributed by atoms with E-state index in [1.165, 1.54) is 19.2 Å². The number of hydrogen-bond donors (Lipinski definition) is 1. The number of hydrogen-bond acceptors (Lipinski definition) is 6. The monoisotopic (exact) mass is 425 g/mol. The average molecular weight is 425 g/mol. The molecule has 0 bridgehead atoms. The van der Waals surface area contributed by atoms with Crippen molar-refractivity contribution >= 4 is 28.3 Å². The minimum Gasteiger partial charge on any atom is -0.494 e. The predicted molar refractivity (Wildman–Crippen MR) is 103 cm³/mol. The highest BCUT2D eigenvalue weighted by Gasteiger charge is 2.37. The lowest BCUT2D eigenvalue weighted by Gasteiger charge is -2.17. The van der Waals surface area contributed by atoms with Crippen molar-refractivity contribution in [2.24, 2.45) is 0 Å². The van der Waals surface area contributed by atoms with Crippen molar-refractivity contribution in [3.05, 3.63) is 52.8 Å². The Morgan fingerprint density at radius 2 is 1.90 bits per heavy atom. The summed E-state index contributed by atoms with van der Waals surface area (Å²) >= 11 is 0.839. The largest absolute Gasteiger partial charge is 0.494 e. The maximum Gasteiger partial charge on any atom is 0.204 e. The van der Waals surface area contributed by atoms with Gasteiger partial charge in [-0.15, -0.1) is 0 Å². The molecule has 0 amide bonds. The van der Waals surface area contributed by atoms with E-state index in [9.17, 15) is 22.8 Å². The Kier molecular flexibility index (Phi) is 6.36. The van der Waals surface area contributed by atoms with Crippen molar-refractivity contribution in [3.8, 4) is 11.5 Å². The third-order valence-corrected chi connectivity index (χ3v) is 5.40. The molecule has 0 saturated carbocycles. The molecule has 1 aliphatic rings. The van der Waals surface area contributed by atoms with E-state index in [0.29, 0.717) is 0 Å². The summed E-state index contributed by atoms with van der Waals surface area (Å²) in [6.07, 6.45) is 0. The number of rotatable bonds is 7. The van der Waals surface area contributed by atoms with Crippen molar-refractivity contribution in [1.82, 2.24) is 0 Å². The SMILES string of the molecule is CCOc1ccc(F)c(F)c1CNc1cc(C2C(=O)CSC2=O)c(F)cc1OC. The number of carbonyl (C=O) groups is 2. The molecule has 3 rings (SSSR count). The molecule has 9 heteroatoms. The summed E-state index contributed by atoms with van der Waals surface area (Å²) in [7, 11) is 1.32. The number of carbonyl (C=O) groups excluding carboxylic acids is 2. The van der Waals surface area contributed by atoms with Crippen LogP contribution in [-0.2, 0) is 16.1 Å². The van der Waals surface area contributed by atoms with E-state index in [0.717, 1.165) is 23.9 Å². The zero-order chi connectivity index (χ0) is 21.1. The molecule has 2 aromatic rings. The highest BCUT2D eigenvalue weighted by atomic mass is 32.2. The number of benzene rings is 2. The Labute approximate surface area is 169 Å². The van der Waals surface area contributed by atoms with E-state index in [-0.39, 0.29) is 53.0 Å². The molecule has 1 fully saturated rings. The number of anilines is 1. The average Bonchev–Trinajstić information content (AvgIpc) is 3.03. The van der Waals surface area contributed by atoms with Gasteiger partial charge in [-0.25, -0.2) is 13.2 Å². The number of Topliss-reactive ketones (excluding diaryl/α,β-unsaturated/α-hetero) is 1. The van der Waals surface area contributed by atoms with Gasteiger partial charge in [0, 0.05) is 18.2 Å². The molecule has 1 atom stereocenters. The molecule has 1 aliphatic heterocycles. The molecule has 1 saturated heterocycles. The molecule has 29 heavy (non-hydrogen) atoms. The molecule has 0 aliphatic carbocycles. The lowest BCUT2D eigenvalue weighted by molar-refractivity contribution is -0.122. The fourth-order valence-electron chi connectivity index (χ4n) is 3.05. The van der Waals surface area contributed by atoms with Crippen LogP contribution in [0.4, 0.5) is 18.9 Å². The highest BCUT2D eigenvalue weighted by molar-refractivity contribution is 8.15. The summed E-state index contributed by atoms with van der Waals surface area (Å²) in [5, 5.41) is 2.43. The number of halogens is 3. The topological polar surface area (TPSA) is 64.6 Å². The van der Waals surface area contributed by atoms with E-state index in [4.69, 9.17) is 9.47 Å². The molecule has 0 spiro atoms. The molecule has 2 aromatic carbocycles. The van der Waals surface area contributed by atoms with Gasteiger partial charge in [-0.1, -0.05) is 11.8 Å². The van der Waals surface area contributed by atoms with Crippen LogP contribution in [0.5, 0.6) is 11.5 Å². The van der Waals surface area contributed by atoms with E-state index in [1.807, 2.05) is 0 Å². The Morgan fingerprint density at radius 1 is 1.14 bits per heavy atom. The summed E-state index contributed by atoms with van der Waals surface area (Å²) < 4.78 is 52.9. The molecule has 0 aromatic heterocycles. The van der Waals surface area contributed by atoms with Crippen LogP contribution in [0.2, 0.25) is 0 Å². The Bertz CT molecular complexity index is 951. The number of ketones is 1. The Morgan fingerprint density at radius 3 is 2.52 bits per heavy atom. The van der Waals surface area contributed by atoms with Gasteiger partial charge in [-0.3, -0.25) is 9.59 Å². The number of ether oxygens (including phenoxy) is 2. The van der Waals surface area contributed by atoms with Crippen molar-refractivity contribution < 1.29 is 32.2 Å². The second-order valence-electron chi connectivity index (χ2n) is 6.21. The van der Waals surface area contributed by atoms with E-state index >= 15 is 0 Å². The summed E-state index contributed by atoms with van der Waals surface area (Å²) in [6, 6.07) is 4.62. The van der Waals surface area contributed by atoms with Gasteiger partial charge in [0.2, 0.25) is 5.12 Å². The third-order valence-electron chi connectivity index (χ3n) is 4.45. The van der Waals surface area contributed by atoms with Crippen LogP contribution in [0.25, 0.3) is 0 Å². The zero-order valence-electron chi connectivity index (χ0n) is 15.7. The summed E-state index contributed by atoms with van der Waals surface area (Å²) in [4.78, 5) is 24.0. The van der Waals surface area contributed by atoms with Gasteiger partial charge < -0.3 is 14.8 Å². The second-order valence-corrected chi connectivity index (χ2v) is 7.19. The van der Waals surface area contributed by atoms with Crippen LogP contribution in [0.1, 0.15) is 24.0 Å². The molecule has 0 radical (unpaired) electrons. The Balaban J connectivity index is 1.96. The number of thioether (sulfide) groups is 1. The summed E-state index contributed by atoms with van der Waals surface area (Å²) in [5.74, 6) is -4.19. The fourth-order valence-corrected chi connectivity index (χ4v) is 3.93. The minimum absolute atomic E-state index is 0.00997. The van der Waals surface area contributed by atoms with E-state index < -0.39 is 28.5 Å². The predicted octanol–water partition coefficient (Wildman–Crippen LogP) is 4.05. The maximum atomic E-state index is 14.5. The Hall–Kier alpha value is -2.68. The summed E-state index contributed by atoms with van der Waals surface area (Å²) in [6.45, 7) is 1.77. The molecule has 1 N–H and O–H groups in total. The normalized spacial score (nSPS) is 16.2. The maximum absolute atomic E-state index is 14.5. The van der Waals surface area contributed by atoms with Crippen LogP contribution in [-0.4, -0.2) is 30.4 Å². The number of methoxy groups -OCH3 is 1. The third kappa shape index (κ3) is 4.19. The first-order valence-corrected chi connectivity index (χ1v) is 9.76. The van der Waals surface area contributed by atoms with Crippen molar-refractivity contribution in [1.29, 1.82) is 0 Å². The van der Waals surface area contributed by atoms with E-state index in [1.54, 1.807) is 6.92 Å². The van der Waals surface area contributed by atoms with Gasteiger partial charge in [-0.2, -0.15) is 0 Å².